The number of halogens is 1. The SMILES string of the molecule is CN=C(NCCc1ccncc1C)N(C)CCOc1ccc(Cl)cc1. The Morgan fingerprint density at radius 3 is 2.72 bits per heavy atom. The Morgan fingerprint density at radius 1 is 1.28 bits per heavy atom. The van der Waals surface area contributed by atoms with Gasteiger partial charge in [-0.1, -0.05) is 11.6 Å². The highest BCUT2D eigenvalue weighted by Gasteiger charge is 2.06. The maximum Gasteiger partial charge on any atom is 0.193 e. The topological polar surface area (TPSA) is 49.8 Å². The van der Waals surface area contributed by atoms with Crippen LogP contribution in [0.5, 0.6) is 5.75 Å². The third-order valence-corrected chi connectivity index (χ3v) is 4.15. The lowest BCUT2D eigenvalue weighted by Crippen LogP contribution is -2.41. The summed E-state index contributed by atoms with van der Waals surface area (Å²) >= 11 is 5.87. The Morgan fingerprint density at radius 2 is 2.04 bits per heavy atom. The van der Waals surface area contributed by atoms with E-state index in [1.54, 1.807) is 7.05 Å². The number of ether oxygens (including phenoxy) is 1. The van der Waals surface area contributed by atoms with Gasteiger partial charge in [0.1, 0.15) is 12.4 Å². The van der Waals surface area contributed by atoms with Crippen LogP contribution in [-0.4, -0.2) is 49.6 Å². The lowest BCUT2D eigenvalue weighted by molar-refractivity contribution is 0.281. The average Bonchev–Trinajstić information content (AvgIpc) is 2.62. The highest BCUT2D eigenvalue weighted by atomic mass is 35.5. The van der Waals surface area contributed by atoms with Crippen molar-refractivity contribution in [2.75, 3.05) is 33.8 Å². The smallest absolute Gasteiger partial charge is 0.193 e. The molecule has 0 radical (unpaired) electrons. The number of pyridine rings is 1. The van der Waals surface area contributed by atoms with Gasteiger partial charge in [0.05, 0.1) is 6.54 Å². The monoisotopic (exact) mass is 360 g/mol. The molecule has 0 saturated heterocycles. The molecule has 2 aromatic rings. The second-order valence-electron chi connectivity index (χ2n) is 5.75. The zero-order valence-electron chi connectivity index (χ0n) is 15.0. The highest BCUT2D eigenvalue weighted by Crippen LogP contribution is 2.15. The Hall–Kier alpha value is -2.27. The Labute approximate surface area is 154 Å². The minimum atomic E-state index is 0.572. The van der Waals surface area contributed by atoms with Crippen molar-refractivity contribution < 1.29 is 4.74 Å². The largest absolute Gasteiger partial charge is 0.492 e. The molecule has 0 bridgehead atoms. The molecule has 1 N–H and O–H groups in total. The molecule has 0 amide bonds. The highest BCUT2D eigenvalue weighted by molar-refractivity contribution is 6.30. The molecule has 25 heavy (non-hydrogen) atoms. The number of likely N-dealkylation sites (N-methyl/N-ethyl adjacent to an activating group) is 1. The number of aromatic nitrogens is 1. The van der Waals surface area contributed by atoms with Crippen molar-refractivity contribution >= 4 is 17.6 Å². The zero-order valence-corrected chi connectivity index (χ0v) is 15.8. The minimum absolute atomic E-state index is 0.572. The molecule has 0 saturated carbocycles. The molecule has 5 nitrogen and oxygen atoms in total. The fourth-order valence-corrected chi connectivity index (χ4v) is 2.54. The molecule has 0 fully saturated rings. The van der Waals surface area contributed by atoms with Crippen LogP contribution in [-0.2, 0) is 6.42 Å². The summed E-state index contributed by atoms with van der Waals surface area (Å²) in [5, 5.41) is 4.09. The van der Waals surface area contributed by atoms with Gasteiger partial charge in [0.25, 0.3) is 0 Å². The van der Waals surface area contributed by atoms with Gasteiger partial charge in [0.15, 0.2) is 5.96 Å². The average molecular weight is 361 g/mol. The summed E-state index contributed by atoms with van der Waals surface area (Å²) in [5.41, 5.74) is 2.51. The number of aliphatic imine (C=N–C) groups is 1. The van der Waals surface area contributed by atoms with Crippen molar-refractivity contribution in [3.05, 3.63) is 58.9 Å². The van der Waals surface area contributed by atoms with E-state index in [-0.39, 0.29) is 0 Å². The second kappa shape index (κ2) is 9.89. The first-order valence-electron chi connectivity index (χ1n) is 8.30. The van der Waals surface area contributed by atoms with Crippen molar-refractivity contribution in [1.82, 2.24) is 15.2 Å². The molecule has 1 heterocycles. The first-order valence-corrected chi connectivity index (χ1v) is 8.67. The molecule has 1 aromatic heterocycles. The van der Waals surface area contributed by atoms with Crippen molar-refractivity contribution in [2.45, 2.75) is 13.3 Å². The number of aryl methyl sites for hydroxylation is 1. The van der Waals surface area contributed by atoms with E-state index in [9.17, 15) is 0 Å². The summed E-state index contributed by atoms with van der Waals surface area (Å²) in [6.07, 6.45) is 4.66. The maximum absolute atomic E-state index is 5.87. The van der Waals surface area contributed by atoms with E-state index in [0.717, 1.165) is 31.2 Å². The van der Waals surface area contributed by atoms with E-state index in [1.165, 1.54) is 11.1 Å². The van der Waals surface area contributed by atoms with Crippen LogP contribution in [0.15, 0.2) is 47.7 Å². The van der Waals surface area contributed by atoms with E-state index in [2.05, 4.69) is 33.2 Å². The van der Waals surface area contributed by atoms with E-state index >= 15 is 0 Å². The molecule has 0 aliphatic carbocycles. The van der Waals surface area contributed by atoms with Crippen LogP contribution < -0.4 is 10.1 Å². The molecule has 134 valence electrons. The number of guanidine groups is 1. The van der Waals surface area contributed by atoms with Gasteiger partial charge in [0, 0.05) is 38.1 Å². The minimum Gasteiger partial charge on any atom is -0.492 e. The Bertz CT molecular complexity index is 688. The first-order chi connectivity index (χ1) is 12.1. The van der Waals surface area contributed by atoms with Gasteiger partial charge >= 0.3 is 0 Å². The Kier molecular flexibility index (Phi) is 7.54. The molecule has 2 rings (SSSR count). The van der Waals surface area contributed by atoms with Crippen LogP contribution in [0.25, 0.3) is 0 Å². The van der Waals surface area contributed by atoms with Gasteiger partial charge in [-0.3, -0.25) is 9.98 Å². The van der Waals surface area contributed by atoms with Crippen LogP contribution in [0.1, 0.15) is 11.1 Å². The number of hydrogen-bond donors (Lipinski definition) is 1. The third kappa shape index (κ3) is 6.27. The number of nitrogens with zero attached hydrogens (tertiary/aromatic N) is 3. The zero-order chi connectivity index (χ0) is 18.1. The molecular weight excluding hydrogens is 336 g/mol. The van der Waals surface area contributed by atoms with Crippen LogP contribution in [0.2, 0.25) is 5.02 Å². The van der Waals surface area contributed by atoms with Gasteiger partial charge in [-0.2, -0.15) is 0 Å². The lowest BCUT2D eigenvalue weighted by atomic mass is 10.1. The number of benzene rings is 1. The van der Waals surface area contributed by atoms with Gasteiger partial charge in [-0.25, -0.2) is 0 Å². The van der Waals surface area contributed by atoms with Crippen LogP contribution in [0, 0.1) is 6.92 Å². The maximum atomic E-state index is 5.87. The molecule has 0 unspecified atom stereocenters. The van der Waals surface area contributed by atoms with Gasteiger partial charge in [-0.15, -0.1) is 0 Å². The van der Waals surface area contributed by atoms with Crippen molar-refractivity contribution in [3.8, 4) is 5.75 Å². The molecule has 0 spiro atoms. The predicted molar refractivity (Wildman–Crippen MR) is 104 cm³/mol. The third-order valence-electron chi connectivity index (χ3n) is 3.90. The van der Waals surface area contributed by atoms with Crippen molar-refractivity contribution in [2.24, 2.45) is 4.99 Å². The molecule has 0 aliphatic rings. The summed E-state index contributed by atoms with van der Waals surface area (Å²) < 4.78 is 5.73. The normalized spacial score (nSPS) is 11.3. The first kappa shape index (κ1) is 19.1. The Balaban J connectivity index is 1.74. The summed E-state index contributed by atoms with van der Waals surface area (Å²) in [6.45, 7) is 4.20. The van der Waals surface area contributed by atoms with Crippen LogP contribution in [0.3, 0.4) is 0 Å². The standard InChI is InChI=1S/C19H25ClN4O/c1-15-14-22-10-8-16(15)9-11-23-19(21-2)24(3)12-13-25-18-6-4-17(20)5-7-18/h4-8,10,14H,9,11-13H2,1-3H3,(H,21,23). The van der Waals surface area contributed by atoms with Crippen LogP contribution in [0.4, 0.5) is 0 Å². The van der Waals surface area contributed by atoms with Gasteiger partial charge < -0.3 is 15.0 Å². The van der Waals surface area contributed by atoms with Gasteiger partial charge in [0.2, 0.25) is 0 Å². The molecule has 1 aromatic carbocycles. The number of rotatable bonds is 7. The molecule has 0 aliphatic heterocycles. The summed E-state index contributed by atoms with van der Waals surface area (Å²) in [7, 11) is 3.79. The summed E-state index contributed by atoms with van der Waals surface area (Å²) in [6, 6.07) is 9.44. The predicted octanol–water partition coefficient (Wildman–Crippen LogP) is 3.17. The molecular formula is C19H25ClN4O. The lowest BCUT2D eigenvalue weighted by Gasteiger charge is -2.22. The van der Waals surface area contributed by atoms with Gasteiger partial charge in [-0.05, 0) is 54.8 Å². The summed E-state index contributed by atoms with van der Waals surface area (Å²) in [4.78, 5) is 10.5. The van der Waals surface area contributed by atoms with Crippen molar-refractivity contribution in [3.63, 3.8) is 0 Å². The summed E-state index contributed by atoms with van der Waals surface area (Å²) in [5.74, 6) is 1.67. The van der Waals surface area contributed by atoms with E-state index in [1.807, 2.05) is 43.7 Å². The fourth-order valence-electron chi connectivity index (χ4n) is 2.41. The fraction of sp³-hybridized carbons (Fsp3) is 0.368. The molecule has 6 heteroatoms. The number of nitrogens with one attached hydrogen (secondary N) is 1. The van der Waals surface area contributed by atoms with E-state index in [4.69, 9.17) is 16.3 Å². The second-order valence-corrected chi connectivity index (χ2v) is 6.19. The van der Waals surface area contributed by atoms with E-state index in [0.29, 0.717) is 11.6 Å². The molecule has 0 atom stereocenters. The number of hydrogen-bond acceptors (Lipinski definition) is 3. The van der Waals surface area contributed by atoms with E-state index < -0.39 is 0 Å². The van der Waals surface area contributed by atoms with Crippen LogP contribution >= 0.6 is 11.6 Å². The quantitative estimate of drug-likeness (QED) is 0.608. The van der Waals surface area contributed by atoms with Crippen molar-refractivity contribution in [1.29, 1.82) is 0 Å².